The highest BCUT2D eigenvalue weighted by Gasteiger charge is 2.44. The van der Waals surface area contributed by atoms with Gasteiger partial charge in [-0.05, 0) is 62.7 Å². The molecule has 0 aliphatic carbocycles. The first kappa shape index (κ1) is 21.9. The van der Waals surface area contributed by atoms with Gasteiger partial charge in [-0.2, -0.15) is 0 Å². The number of Topliss-reactive ketones (excluding diaryl/α,β-unsaturated/α-hetero) is 1. The van der Waals surface area contributed by atoms with E-state index in [4.69, 9.17) is 0 Å². The van der Waals surface area contributed by atoms with Crippen LogP contribution in [0.4, 0.5) is 5.69 Å². The van der Waals surface area contributed by atoms with E-state index in [1.807, 2.05) is 43.3 Å². The summed E-state index contributed by atoms with van der Waals surface area (Å²) in [6, 6.07) is 31.3. The highest BCUT2D eigenvalue weighted by molar-refractivity contribution is 8.00. The van der Waals surface area contributed by atoms with Crippen molar-refractivity contribution >= 4 is 35.0 Å². The van der Waals surface area contributed by atoms with Crippen molar-refractivity contribution in [1.29, 1.82) is 0 Å². The smallest absolute Gasteiger partial charge is 0.194 e. The van der Waals surface area contributed by atoms with Gasteiger partial charge in [-0.15, -0.1) is 0 Å². The molecule has 33 heavy (non-hydrogen) atoms. The molecule has 0 spiro atoms. The molecule has 1 heterocycles. The van der Waals surface area contributed by atoms with Crippen LogP contribution >= 0.6 is 23.5 Å². The van der Waals surface area contributed by atoms with Gasteiger partial charge in [0.15, 0.2) is 5.78 Å². The molecule has 1 aliphatic rings. The molecule has 0 fully saturated rings. The summed E-state index contributed by atoms with van der Waals surface area (Å²) in [4.78, 5) is 18.2. The van der Waals surface area contributed by atoms with Crippen LogP contribution in [0.2, 0.25) is 0 Å². The largest absolute Gasteiger partial charge is 0.368 e. The standard InChI is InChI=1S/C29H25NOS2/c1-19-9-13-22(14-10-19)32-24-17-25-27(26(18-24)33-23-15-11-20(2)12-16-23)30-29(3,28(25)31)21-7-5-4-6-8-21/h4-18,30H,1-3H3. The molecule has 1 unspecified atom stereocenters. The van der Waals surface area contributed by atoms with Crippen molar-refractivity contribution in [3.05, 3.63) is 113 Å². The number of carbonyl (C=O) groups is 1. The summed E-state index contributed by atoms with van der Waals surface area (Å²) >= 11 is 3.39. The van der Waals surface area contributed by atoms with Crippen molar-refractivity contribution in [1.82, 2.24) is 0 Å². The number of anilines is 1. The lowest BCUT2D eigenvalue weighted by Gasteiger charge is -2.24. The Bertz CT molecular complexity index is 1310. The van der Waals surface area contributed by atoms with Gasteiger partial charge in [-0.25, -0.2) is 0 Å². The second kappa shape index (κ2) is 8.77. The molecule has 0 aromatic heterocycles. The summed E-state index contributed by atoms with van der Waals surface area (Å²) in [7, 11) is 0. The molecule has 1 N–H and O–H groups in total. The first-order chi connectivity index (χ1) is 15.9. The third-order valence-corrected chi connectivity index (χ3v) is 8.04. The maximum absolute atomic E-state index is 13.7. The minimum absolute atomic E-state index is 0.112. The maximum Gasteiger partial charge on any atom is 0.194 e. The molecule has 1 atom stereocenters. The third-order valence-electron chi connectivity index (χ3n) is 6.01. The quantitative estimate of drug-likeness (QED) is 0.321. The zero-order valence-corrected chi connectivity index (χ0v) is 20.5. The van der Waals surface area contributed by atoms with Crippen LogP contribution < -0.4 is 5.32 Å². The Balaban J connectivity index is 1.58. The van der Waals surface area contributed by atoms with Gasteiger partial charge in [0.1, 0.15) is 5.54 Å². The molecule has 5 rings (SSSR count). The molecule has 4 aromatic rings. The Kier molecular flexibility index (Phi) is 5.81. The van der Waals surface area contributed by atoms with Gasteiger partial charge in [0.25, 0.3) is 0 Å². The molecule has 4 aromatic carbocycles. The van der Waals surface area contributed by atoms with Gasteiger partial charge in [-0.3, -0.25) is 4.79 Å². The third kappa shape index (κ3) is 4.33. The number of aryl methyl sites for hydroxylation is 2. The van der Waals surface area contributed by atoms with Crippen LogP contribution in [0.15, 0.2) is 111 Å². The zero-order valence-electron chi connectivity index (χ0n) is 18.9. The fraction of sp³-hybridized carbons (Fsp3) is 0.138. The highest BCUT2D eigenvalue weighted by Crippen LogP contribution is 2.48. The van der Waals surface area contributed by atoms with Gasteiger partial charge in [0.2, 0.25) is 0 Å². The molecular formula is C29H25NOS2. The van der Waals surface area contributed by atoms with Crippen LogP contribution in [0.1, 0.15) is 34.0 Å². The molecule has 2 nitrogen and oxygen atoms in total. The summed E-state index contributed by atoms with van der Waals surface area (Å²) in [5, 5.41) is 3.60. The van der Waals surface area contributed by atoms with Crippen molar-refractivity contribution in [2.45, 2.75) is 45.9 Å². The lowest BCUT2D eigenvalue weighted by Crippen LogP contribution is -2.34. The number of nitrogens with one attached hydrogen (secondary N) is 1. The van der Waals surface area contributed by atoms with Crippen LogP contribution in [0.5, 0.6) is 0 Å². The van der Waals surface area contributed by atoms with E-state index >= 15 is 0 Å². The number of hydrogen-bond donors (Lipinski definition) is 1. The first-order valence-electron chi connectivity index (χ1n) is 11.0. The van der Waals surface area contributed by atoms with Crippen LogP contribution in [0.3, 0.4) is 0 Å². The molecule has 0 saturated carbocycles. The molecule has 0 radical (unpaired) electrons. The van der Waals surface area contributed by atoms with E-state index in [2.05, 4.69) is 73.8 Å². The topological polar surface area (TPSA) is 29.1 Å². The Labute approximate surface area is 203 Å². The van der Waals surface area contributed by atoms with Crippen molar-refractivity contribution in [2.24, 2.45) is 0 Å². The molecule has 0 saturated heterocycles. The summed E-state index contributed by atoms with van der Waals surface area (Å²) < 4.78 is 0. The molecule has 164 valence electrons. The average Bonchev–Trinajstić information content (AvgIpc) is 3.09. The SMILES string of the molecule is Cc1ccc(Sc2cc(Sc3ccc(C)cc3)c3c(c2)C(=O)C(C)(c2ccccc2)N3)cc1. The Hall–Kier alpha value is -2.95. The summed E-state index contributed by atoms with van der Waals surface area (Å²) in [6.45, 7) is 6.17. The van der Waals surface area contributed by atoms with E-state index in [1.165, 1.54) is 11.1 Å². The number of carbonyl (C=O) groups excluding carboxylic acids is 1. The van der Waals surface area contributed by atoms with Crippen molar-refractivity contribution in [2.75, 3.05) is 5.32 Å². The van der Waals surface area contributed by atoms with Gasteiger partial charge >= 0.3 is 0 Å². The minimum atomic E-state index is -0.778. The summed E-state index contributed by atoms with van der Waals surface area (Å²) in [5.41, 5.74) is 4.35. The van der Waals surface area contributed by atoms with E-state index in [0.717, 1.165) is 36.4 Å². The Morgan fingerprint density at radius 3 is 1.88 bits per heavy atom. The monoisotopic (exact) mass is 467 g/mol. The fourth-order valence-corrected chi connectivity index (χ4v) is 6.01. The predicted molar refractivity (Wildman–Crippen MR) is 139 cm³/mol. The van der Waals surface area contributed by atoms with Gasteiger partial charge in [0, 0.05) is 25.1 Å². The van der Waals surface area contributed by atoms with E-state index in [-0.39, 0.29) is 5.78 Å². The normalized spacial score (nSPS) is 17.0. The van der Waals surface area contributed by atoms with Crippen molar-refractivity contribution < 1.29 is 4.79 Å². The second-order valence-electron chi connectivity index (χ2n) is 8.62. The lowest BCUT2D eigenvalue weighted by atomic mass is 9.88. The molecule has 4 heteroatoms. The van der Waals surface area contributed by atoms with Crippen LogP contribution in [-0.4, -0.2) is 5.78 Å². The second-order valence-corrected chi connectivity index (χ2v) is 10.9. The van der Waals surface area contributed by atoms with Gasteiger partial charge in [0.05, 0.1) is 5.69 Å². The Morgan fingerprint density at radius 2 is 1.27 bits per heavy atom. The zero-order chi connectivity index (χ0) is 23.0. The first-order valence-corrected chi connectivity index (χ1v) is 12.6. The van der Waals surface area contributed by atoms with Crippen molar-refractivity contribution in [3.8, 4) is 0 Å². The summed E-state index contributed by atoms with van der Waals surface area (Å²) in [5.74, 6) is 0.112. The van der Waals surface area contributed by atoms with Crippen molar-refractivity contribution in [3.63, 3.8) is 0 Å². The molecule has 0 amide bonds. The summed E-state index contributed by atoms with van der Waals surface area (Å²) in [6.07, 6.45) is 0. The molecule has 0 bridgehead atoms. The minimum Gasteiger partial charge on any atom is -0.368 e. The predicted octanol–water partition coefficient (Wildman–Crippen LogP) is 8.13. The van der Waals surface area contributed by atoms with Crippen LogP contribution in [-0.2, 0) is 5.54 Å². The molecule has 1 aliphatic heterocycles. The van der Waals surface area contributed by atoms with E-state index in [0.29, 0.717) is 0 Å². The number of hydrogen-bond acceptors (Lipinski definition) is 4. The Morgan fingerprint density at radius 1 is 0.697 bits per heavy atom. The van der Waals surface area contributed by atoms with Crippen LogP contribution in [0, 0.1) is 13.8 Å². The number of rotatable bonds is 5. The number of ketones is 1. The number of fused-ring (bicyclic) bond motifs is 1. The average molecular weight is 468 g/mol. The van der Waals surface area contributed by atoms with Crippen LogP contribution in [0.25, 0.3) is 0 Å². The number of benzene rings is 4. The molecular weight excluding hydrogens is 442 g/mol. The van der Waals surface area contributed by atoms with E-state index in [1.54, 1.807) is 23.5 Å². The van der Waals surface area contributed by atoms with E-state index < -0.39 is 5.54 Å². The van der Waals surface area contributed by atoms with Gasteiger partial charge in [-0.1, -0.05) is 89.2 Å². The lowest BCUT2D eigenvalue weighted by molar-refractivity contribution is 0.0928. The fourth-order valence-electron chi connectivity index (χ4n) is 4.06. The highest BCUT2D eigenvalue weighted by atomic mass is 32.2. The van der Waals surface area contributed by atoms with Gasteiger partial charge < -0.3 is 5.32 Å². The van der Waals surface area contributed by atoms with E-state index in [9.17, 15) is 4.79 Å². The maximum atomic E-state index is 13.7.